The molecule has 0 aliphatic heterocycles. The van der Waals surface area contributed by atoms with E-state index in [0.717, 1.165) is 36.9 Å². The Balaban J connectivity index is 1.77. The highest BCUT2D eigenvalue weighted by Gasteiger charge is 2.23. The average Bonchev–Trinajstić information content (AvgIpc) is 2.47. The first-order chi connectivity index (χ1) is 10.1. The summed E-state index contributed by atoms with van der Waals surface area (Å²) in [5.74, 6) is 0.438. The maximum atomic E-state index is 12.0. The van der Waals surface area contributed by atoms with Gasteiger partial charge in [-0.05, 0) is 36.5 Å². The van der Waals surface area contributed by atoms with Crippen LogP contribution in [0.5, 0.6) is 0 Å². The number of nitrogens with two attached hydrogens (primary N) is 1. The number of anilines is 1. The van der Waals surface area contributed by atoms with Gasteiger partial charge in [0.2, 0.25) is 5.91 Å². The second kappa shape index (κ2) is 7.46. The van der Waals surface area contributed by atoms with Gasteiger partial charge in [-0.15, -0.1) is 0 Å². The van der Waals surface area contributed by atoms with Crippen molar-refractivity contribution in [3.63, 3.8) is 0 Å². The van der Waals surface area contributed by atoms with Crippen molar-refractivity contribution in [2.45, 2.75) is 51.0 Å². The van der Waals surface area contributed by atoms with Crippen LogP contribution in [0, 0.1) is 5.92 Å². The second-order valence-corrected chi connectivity index (χ2v) is 6.19. The van der Waals surface area contributed by atoms with Crippen molar-refractivity contribution >= 4 is 11.6 Å². The Hall–Kier alpha value is -1.55. The van der Waals surface area contributed by atoms with Gasteiger partial charge in [0.1, 0.15) is 0 Å². The van der Waals surface area contributed by atoms with Crippen molar-refractivity contribution in [3.05, 3.63) is 29.8 Å². The molecule has 4 heteroatoms. The van der Waals surface area contributed by atoms with Gasteiger partial charge in [0, 0.05) is 24.6 Å². The van der Waals surface area contributed by atoms with E-state index in [0.29, 0.717) is 13.0 Å². The standard InChI is InChI=1S/C17H26N2O2/c1-12(13-6-8-15(18)9-7-13)10-17(21)19-11-14-4-2-3-5-16(14)20/h6-9,12,14,16,20H,2-5,10-11,18H2,1H3,(H,19,21). The summed E-state index contributed by atoms with van der Waals surface area (Å²) in [7, 11) is 0. The molecule has 1 aliphatic rings. The molecule has 21 heavy (non-hydrogen) atoms. The number of carbonyl (C=O) groups is 1. The quantitative estimate of drug-likeness (QED) is 0.729. The van der Waals surface area contributed by atoms with Gasteiger partial charge < -0.3 is 16.2 Å². The van der Waals surface area contributed by atoms with Gasteiger partial charge >= 0.3 is 0 Å². The lowest BCUT2D eigenvalue weighted by atomic mass is 9.86. The maximum Gasteiger partial charge on any atom is 0.220 e. The molecule has 1 aromatic rings. The van der Waals surface area contributed by atoms with Crippen LogP contribution in [0.2, 0.25) is 0 Å². The Labute approximate surface area is 126 Å². The molecule has 4 nitrogen and oxygen atoms in total. The van der Waals surface area contributed by atoms with Gasteiger partial charge in [-0.2, -0.15) is 0 Å². The summed E-state index contributed by atoms with van der Waals surface area (Å²) in [5, 5.41) is 12.9. The number of nitrogens with one attached hydrogen (secondary N) is 1. The van der Waals surface area contributed by atoms with Crippen LogP contribution >= 0.6 is 0 Å². The molecule has 1 aliphatic carbocycles. The Kier molecular flexibility index (Phi) is 5.62. The van der Waals surface area contributed by atoms with E-state index < -0.39 is 0 Å². The van der Waals surface area contributed by atoms with Crippen LogP contribution in [0.3, 0.4) is 0 Å². The van der Waals surface area contributed by atoms with Crippen molar-refractivity contribution in [2.75, 3.05) is 12.3 Å². The minimum atomic E-state index is -0.256. The lowest BCUT2D eigenvalue weighted by Crippen LogP contribution is -2.37. The molecular weight excluding hydrogens is 264 g/mol. The molecule has 0 aromatic heterocycles. The molecule has 3 unspecified atom stereocenters. The number of carbonyl (C=O) groups excluding carboxylic acids is 1. The number of amides is 1. The van der Waals surface area contributed by atoms with Crippen molar-refractivity contribution in [3.8, 4) is 0 Å². The lowest BCUT2D eigenvalue weighted by molar-refractivity contribution is -0.121. The molecular formula is C17H26N2O2. The molecule has 1 fully saturated rings. The van der Waals surface area contributed by atoms with Crippen molar-refractivity contribution < 1.29 is 9.90 Å². The number of aliphatic hydroxyl groups excluding tert-OH is 1. The molecule has 0 radical (unpaired) electrons. The van der Waals surface area contributed by atoms with E-state index in [1.54, 1.807) is 0 Å². The summed E-state index contributed by atoms with van der Waals surface area (Å²) < 4.78 is 0. The summed E-state index contributed by atoms with van der Waals surface area (Å²) in [6.45, 7) is 2.63. The summed E-state index contributed by atoms with van der Waals surface area (Å²) in [6.07, 6.45) is 4.33. The van der Waals surface area contributed by atoms with Crippen LogP contribution in [0.15, 0.2) is 24.3 Å². The van der Waals surface area contributed by atoms with Crippen LogP contribution in [0.1, 0.15) is 50.5 Å². The third-order valence-electron chi connectivity index (χ3n) is 4.43. The minimum absolute atomic E-state index is 0.0529. The number of aliphatic hydroxyl groups is 1. The van der Waals surface area contributed by atoms with E-state index in [2.05, 4.69) is 5.32 Å². The van der Waals surface area contributed by atoms with Gasteiger partial charge in [0.05, 0.1) is 6.10 Å². The van der Waals surface area contributed by atoms with E-state index in [9.17, 15) is 9.90 Å². The molecule has 3 atom stereocenters. The third-order valence-corrected chi connectivity index (χ3v) is 4.43. The predicted molar refractivity (Wildman–Crippen MR) is 84.9 cm³/mol. The Morgan fingerprint density at radius 1 is 1.33 bits per heavy atom. The molecule has 116 valence electrons. The Morgan fingerprint density at radius 2 is 2.00 bits per heavy atom. The summed E-state index contributed by atoms with van der Waals surface area (Å²) in [4.78, 5) is 12.0. The molecule has 0 heterocycles. The van der Waals surface area contributed by atoms with Crippen molar-refractivity contribution in [2.24, 2.45) is 5.92 Å². The SMILES string of the molecule is CC(CC(=O)NCC1CCCCC1O)c1ccc(N)cc1. The van der Waals surface area contributed by atoms with Crippen molar-refractivity contribution in [1.82, 2.24) is 5.32 Å². The molecule has 0 saturated heterocycles. The van der Waals surface area contributed by atoms with Crippen LogP contribution in [0.25, 0.3) is 0 Å². The van der Waals surface area contributed by atoms with E-state index in [-0.39, 0.29) is 23.8 Å². The first kappa shape index (κ1) is 15.8. The van der Waals surface area contributed by atoms with Gasteiger partial charge in [-0.1, -0.05) is 31.9 Å². The zero-order valence-electron chi connectivity index (χ0n) is 12.7. The number of benzene rings is 1. The van der Waals surface area contributed by atoms with Gasteiger partial charge in [0.25, 0.3) is 0 Å². The molecule has 1 amide bonds. The van der Waals surface area contributed by atoms with E-state index in [4.69, 9.17) is 5.73 Å². The fraction of sp³-hybridized carbons (Fsp3) is 0.588. The van der Waals surface area contributed by atoms with Crippen LogP contribution in [0.4, 0.5) is 5.69 Å². The molecule has 1 aromatic carbocycles. The smallest absolute Gasteiger partial charge is 0.220 e. The first-order valence-electron chi connectivity index (χ1n) is 7.86. The van der Waals surface area contributed by atoms with E-state index in [1.807, 2.05) is 31.2 Å². The monoisotopic (exact) mass is 290 g/mol. The average molecular weight is 290 g/mol. The third kappa shape index (κ3) is 4.74. The number of hydrogen-bond acceptors (Lipinski definition) is 3. The Bertz CT molecular complexity index is 458. The predicted octanol–water partition coefficient (Wildman–Crippen LogP) is 2.43. The molecule has 1 saturated carbocycles. The minimum Gasteiger partial charge on any atom is -0.399 e. The first-order valence-corrected chi connectivity index (χ1v) is 7.86. The maximum absolute atomic E-state index is 12.0. The van der Waals surface area contributed by atoms with Crippen LogP contribution in [-0.4, -0.2) is 23.7 Å². The summed E-state index contributed by atoms with van der Waals surface area (Å²) in [5.41, 5.74) is 7.53. The fourth-order valence-corrected chi connectivity index (χ4v) is 2.96. The lowest BCUT2D eigenvalue weighted by Gasteiger charge is -2.27. The normalized spacial score (nSPS) is 23.5. The Morgan fingerprint density at radius 3 is 2.67 bits per heavy atom. The number of nitrogen functional groups attached to an aromatic ring is 1. The highest BCUT2D eigenvalue weighted by Crippen LogP contribution is 2.24. The zero-order valence-corrected chi connectivity index (χ0v) is 12.7. The van der Waals surface area contributed by atoms with Crippen LogP contribution < -0.4 is 11.1 Å². The van der Waals surface area contributed by atoms with Gasteiger partial charge in [-0.3, -0.25) is 4.79 Å². The number of rotatable bonds is 5. The zero-order chi connectivity index (χ0) is 15.2. The molecule has 0 spiro atoms. The van der Waals surface area contributed by atoms with Crippen LogP contribution in [-0.2, 0) is 4.79 Å². The number of hydrogen-bond donors (Lipinski definition) is 3. The summed E-state index contributed by atoms with van der Waals surface area (Å²) in [6, 6.07) is 7.67. The van der Waals surface area contributed by atoms with E-state index >= 15 is 0 Å². The molecule has 0 bridgehead atoms. The van der Waals surface area contributed by atoms with Crippen molar-refractivity contribution in [1.29, 1.82) is 0 Å². The highest BCUT2D eigenvalue weighted by atomic mass is 16.3. The molecule has 2 rings (SSSR count). The second-order valence-electron chi connectivity index (χ2n) is 6.19. The van der Waals surface area contributed by atoms with Gasteiger partial charge in [-0.25, -0.2) is 0 Å². The topological polar surface area (TPSA) is 75.3 Å². The highest BCUT2D eigenvalue weighted by molar-refractivity contribution is 5.76. The van der Waals surface area contributed by atoms with Gasteiger partial charge in [0.15, 0.2) is 0 Å². The molecule has 4 N–H and O–H groups in total. The fourth-order valence-electron chi connectivity index (χ4n) is 2.96. The summed E-state index contributed by atoms with van der Waals surface area (Å²) >= 11 is 0. The largest absolute Gasteiger partial charge is 0.399 e. The van der Waals surface area contributed by atoms with E-state index in [1.165, 1.54) is 0 Å².